The summed E-state index contributed by atoms with van der Waals surface area (Å²) in [5, 5.41) is 4.95. The van der Waals surface area contributed by atoms with Crippen molar-refractivity contribution < 1.29 is 86.3 Å². The first kappa shape index (κ1) is 90.4. The molecule has 112 heavy (non-hydrogen) atoms. The number of amides is 18. The van der Waals surface area contributed by atoms with Crippen molar-refractivity contribution in [2.24, 2.45) is 0 Å². The van der Waals surface area contributed by atoms with E-state index in [0.717, 1.165) is 0 Å². The number of carbonyl (C=O) groups is 18. The Balaban J connectivity index is 0.659. The van der Waals surface area contributed by atoms with Crippen LogP contribution in [0.4, 0.5) is 0 Å². The van der Waals surface area contributed by atoms with Gasteiger partial charge >= 0.3 is 0 Å². The van der Waals surface area contributed by atoms with Gasteiger partial charge in [0, 0.05) is 98.7 Å². The second-order valence-corrected chi connectivity index (χ2v) is 82.4. The Kier molecular flexibility index (Phi) is 28.6. The van der Waals surface area contributed by atoms with E-state index in [0.29, 0.717) is 0 Å². The van der Waals surface area contributed by atoms with Crippen LogP contribution >= 0.6 is 88.6 Å². The number of nitrogens with zero attached hydrogens (tertiary/aromatic N) is 16. The Labute approximate surface area is 692 Å². The molecule has 52 heteroatoms. The number of hydrogen-bond donors (Lipinski definition) is 2. The van der Waals surface area contributed by atoms with Gasteiger partial charge in [0.15, 0.2) is 59.1 Å². The molecule has 9 aliphatic rings. The summed E-state index contributed by atoms with van der Waals surface area (Å²) >= 11 is 56.4. The Morgan fingerprint density at radius 3 is 0.366 bits per heavy atom. The van der Waals surface area contributed by atoms with Crippen LogP contribution in [0.15, 0.2) is 0 Å². The summed E-state index contributed by atoms with van der Waals surface area (Å²) < 4.78 is 0. The van der Waals surface area contributed by atoms with E-state index >= 15 is 0 Å². The average Bonchev–Trinajstić information content (AvgIpc) is 0.805. The predicted molar refractivity (Wildman–Crippen MR) is 431 cm³/mol. The lowest BCUT2D eigenvalue weighted by atomic mass is 10.3. The zero-order valence-corrected chi connectivity index (χ0v) is 77.6. The Morgan fingerprint density at radius 1 is 0.179 bits per heavy atom. The van der Waals surface area contributed by atoms with Crippen molar-refractivity contribution >= 4 is 254 Å². The molecule has 620 valence electrons. The Bertz CT molecular complexity index is 3660. The van der Waals surface area contributed by atoms with Crippen LogP contribution in [0.5, 0.6) is 0 Å². The van der Waals surface area contributed by atoms with Gasteiger partial charge in [0.25, 0.3) is 0 Å². The van der Waals surface area contributed by atoms with Gasteiger partial charge in [0.05, 0.1) is 118 Å². The molecular formula is C60H94Cl8N18O18Si8. The van der Waals surface area contributed by atoms with E-state index in [2.05, 4.69) is 10.6 Å². The highest BCUT2D eigenvalue weighted by atomic mass is 35.6. The molecule has 0 bridgehead atoms. The Morgan fingerprint density at radius 2 is 0.268 bits per heavy atom. The maximum atomic E-state index is 13.8. The van der Waals surface area contributed by atoms with Gasteiger partial charge in [-0.1, -0.05) is 52.4 Å². The van der Waals surface area contributed by atoms with E-state index in [4.69, 9.17) is 88.6 Å². The third-order valence-corrected chi connectivity index (χ3v) is 42.5. The molecule has 9 aliphatic heterocycles. The van der Waals surface area contributed by atoms with Crippen LogP contribution in [0, 0.1) is 0 Å². The largest absolute Gasteiger partial charge is 0.345 e. The van der Waals surface area contributed by atoms with Crippen LogP contribution in [0.2, 0.25) is 52.4 Å². The summed E-state index contributed by atoms with van der Waals surface area (Å²) in [4.78, 5) is 261. The molecule has 9 rings (SSSR count). The number of rotatable bonds is 32. The third-order valence-electron chi connectivity index (χ3n) is 20.1. The molecule has 0 aromatic heterocycles. The fraction of sp³-hybridized carbons (Fsp3) is 0.700. The van der Waals surface area contributed by atoms with Crippen molar-refractivity contribution in [3.05, 3.63) is 0 Å². The summed E-state index contributed by atoms with van der Waals surface area (Å²) in [6, 6.07) is 0. The van der Waals surface area contributed by atoms with Crippen LogP contribution in [-0.4, -0.2) is 460 Å². The molecule has 9 fully saturated rings. The summed E-state index contributed by atoms with van der Waals surface area (Å²) in [6.07, 6.45) is -0.197. The van der Waals surface area contributed by atoms with Crippen molar-refractivity contribution in [1.82, 2.24) is 89.0 Å². The van der Waals surface area contributed by atoms with Gasteiger partial charge in [0.2, 0.25) is 106 Å². The summed E-state index contributed by atoms with van der Waals surface area (Å²) in [6.45, 7) is 8.43. The van der Waals surface area contributed by atoms with Crippen LogP contribution in [-0.2, 0) is 86.3 Å². The fourth-order valence-electron chi connectivity index (χ4n) is 15.2. The third kappa shape index (κ3) is 24.8. The minimum Gasteiger partial charge on any atom is -0.345 e. The molecule has 0 aliphatic carbocycles. The van der Waals surface area contributed by atoms with Crippen molar-refractivity contribution in [1.29, 1.82) is 0 Å². The quantitative estimate of drug-likeness (QED) is 0.0469. The molecule has 18 amide bonds. The van der Waals surface area contributed by atoms with Gasteiger partial charge in [-0.05, 0) is 0 Å². The smallest absolute Gasteiger partial charge is 0.242 e. The predicted octanol–water partition coefficient (Wildman–Crippen LogP) is -5.26. The summed E-state index contributed by atoms with van der Waals surface area (Å²) in [5.41, 5.74) is 0. The molecule has 0 radical (unpaired) electrons. The highest BCUT2D eigenvalue weighted by Gasteiger charge is 2.50. The molecule has 9 heterocycles. The minimum atomic E-state index is -3.16. The molecule has 8 unspecified atom stereocenters. The lowest BCUT2D eigenvalue weighted by molar-refractivity contribution is -0.149. The van der Waals surface area contributed by atoms with E-state index < -0.39 is 130 Å². The molecule has 2 N–H and O–H groups in total. The van der Waals surface area contributed by atoms with Gasteiger partial charge in [-0.15, -0.1) is 0 Å². The van der Waals surface area contributed by atoms with Crippen molar-refractivity contribution in [3.8, 4) is 0 Å². The highest BCUT2D eigenvalue weighted by molar-refractivity contribution is 7.23. The van der Waals surface area contributed by atoms with Gasteiger partial charge in [0.1, 0.15) is 0 Å². The first-order valence-corrected chi connectivity index (χ1v) is 67.5. The Hall–Kier alpha value is -5.48. The van der Waals surface area contributed by atoms with E-state index in [1.807, 2.05) is 0 Å². The maximum absolute atomic E-state index is 13.8. The number of hydrogen-bond acceptors (Lipinski definition) is 18. The normalized spacial score (nSPS) is 24.4. The van der Waals surface area contributed by atoms with Crippen molar-refractivity contribution in [3.63, 3.8) is 0 Å². The number of piperazine rings is 9. The zero-order valence-electron chi connectivity index (χ0n) is 63.6. The maximum Gasteiger partial charge on any atom is 0.242 e. The van der Waals surface area contributed by atoms with Crippen molar-refractivity contribution in [2.45, 2.75) is 52.4 Å². The van der Waals surface area contributed by atoms with E-state index in [1.165, 1.54) is 78.4 Å². The van der Waals surface area contributed by atoms with E-state index in [9.17, 15) is 86.3 Å². The number of carbonyl (C=O) groups excluding carboxylic acids is 18. The molecular weight excluding hydrogens is 1770 g/mol. The van der Waals surface area contributed by atoms with Gasteiger partial charge in [-0.3, -0.25) is 86.3 Å². The monoisotopic (exact) mass is 1860 g/mol. The van der Waals surface area contributed by atoms with Crippen LogP contribution in [0.3, 0.4) is 0 Å². The van der Waals surface area contributed by atoms with Gasteiger partial charge in [-0.25, -0.2) is 0 Å². The minimum absolute atomic E-state index is 0.00823. The summed E-state index contributed by atoms with van der Waals surface area (Å²) in [7, 11) is -24.5. The average molecular weight is 1860 g/mol. The van der Waals surface area contributed by atoms with Crippen LogP contribution in [0.1, 0.15) is 0 Å². The van der Waals surface area contributed by atoms with Crippen LogP contribution < -0.4 is 10.6 Å². The topological polar surface area (TPSA) is 383 Å². The first-order chi connectivity index (χ1) is 51.6. The molecule has 9 saturated heterocycles. The van der Waals surface area contributed by atoms with Crippen LogP contribution in [0.25, 0.3) is 0 Å². The number of halogens is 8. The molecule has 0 aromatic rings. The molecule has 0 saturated carbocycles. The van der Waals surface area contributed by atoms with Crippen molar-refractivity contribution in [2.75, 3.05) is 216 Å². The zero-order chi connectivity index (χ0) is 83.1. The van der Waals surface area contributed by atoms with E-state index in [-0.39, 0.29) is 252 Å². The molecule has 8 atom stereocenters. The molecule has 0 spiro atoms. The summed E-state index contributed by atoms with van der Waals surface area (Å²) in [5.74, 6) is -7.19. The number of nitrogens with one attached hydrogen (secondary N) is 2. The second kappa shape index (κ2) is 35.4. The standard InChI is InChI=1S/C60H94Cl8N18O18Si8/c1-105(61,27-71-11-43(87)69-9-45(71)89)29-73-13-49(93)75(15-47(73)91)31-107(3,63)33-77-17-53(97)79(19-51(77)95)35-109(5,65)37-81-21-57(101)83(23-55(81)99)39-111(7,67)41-85-25-60(104)86(26-59(85)103)42-112(8,68)40-84-24-56(100)82(22-58(84)102)38-110(6,66)36-80-20-52(96)78(18-54(80)98)34-108(4,64)32-76-16-48(92)74(14-50(76)94)30-106(2,62)28-72-12-44(88)70-10-46(72)90/h9-42H2,1-8H3,(H,69,87)(H,70,88). The lowest BCUT2D eigenvalue weighted by Crippen LogP contribution is -2.65. The fourth-order valence-corrected chi connectivity index (χ4v) is 40.3. The van der Waals surface area contributed by atoms with Gasteiger partial charge < -0.3 is 89.0 Å². The SMILES string of the molecule is C[Si](Cl)(CN1CC(=O)NCC1=O)CN1CC(=O)N(C[Si](C)(Cl)CN2CC(=O)N(C[Si](C)(Cl)CN3CC(=O)N(C[Si](C)(Cl)CN4CC(=O)N(C[Si](C)(Cl)CN5CC(=O)N(C[Si](C)(Cl)CN6CC(=O)N(C[Si](C)(Cl)CN7CC(=O)N(C[Si](C)(Cl)CN8CC(=O)NCC8=O)CC7=O)CC6=O)CC5=O)CC4=O)CC3=O)CC2=O)CC1=O. The first-order valence-electron chi connectivity index (χ1n) is 36.1. The van der Waals surface area contributed by atoms with Gasteiger partial charge in [-0.2, -0.15) is 88.6 Å². The second-order valence-electron chi connectivity index (χ2n) is 32.9. The highest BCUT2D eigenvalue weighted by Crippen LogP contribution is 2.28. The molecule has 0 aromatic carbocycles. The molecule has 36 nitrogen and oxygen atoms in total. The van der Waals surface area contributed by atoms with E-state index in [1.54, 1.807) is 52.4 Å². The lowest BCUT2D eigenvalue weighted by Gasteiger charge is -2.43.